The molecular formula is C22H20FN5O4S. The SMILES string of the molecule is COc1ncc(NC(=O)Cc2c(O)n(-c3ccc(F)cc3)c(=O)n2CCc2cccs2)cn1. The predicted octanol–water partition coefficient (Wildman–Crippen LogP) is 2.77. The molecule has 0 fully saturated rings. The Morgan fingerprint density at radius 3 is 2.58 bits per heavy atom. The molecule has 0 unspecified atom stereocenters. The Balaban J connectivity index is 1.65. The Hall–Kier alpha value is -3.99. The molecule has 11 heteroatoms. The lowest BCUT2D eigenvalue weighted by atomic mass is 10.2. The minimum absolute atomic E-state index is 0.146. The quantitative estimate of drug-likeness (QED) is 0.411. The highest BCUT2D eigenvalue weighted by molar-refractivity contribution is 7.09. The first-order valence-electron chi connectivity index (χ1n) is 9.94. The zero-order chi connectivity index (χ0) is 23.4. The van der Waals surface area contributed by atoms with Crippen molar-refractivity contribution in [1.29, 1.82) is 0 Å². The van der Waals surface area contributed by atoms with Crippen LogP contribution in [0.1, 0.15) is 10.6 Å². The van der Waals surface area contributed by atoms with E-state index >= 15 is 0 Å². The number of nitrogens with zero attached hydrogens (tertiary/aromatic N) is 4. The molecule has 4 aromatic rings. The number of aromatic hydroxyl groups is 1. The summed E-state index contributed by atoms with van der Waals surface area (Å²) < 4.78 is 20.7. The number of imidazole rings is 1. The molecule has 1 amide bonds. The molecule has 9 nitrogen and oxygen atoms in total. The Bertz CT molecular complexity index is 1300. The van der Waals surface area contributed by atoms with E-state index in [-0.39, 0.29) is 30.5 Å². The van der Waals surface area contributed by atoms with E-state index in [9.17, 15) is 19.1 Å². The third-order valence-electron chi connectivity index (χ3n) is 4.89. The maximum absolute atomic E-state index is 13.4. The van der Waals surface area contributed by atoms with Crippen molar-refractivity contribution < 1.29 is 19.0 Å². The number of benzene rings is 1. The normalized spacial score (nSPS) is 10.8. The summed E-state index contributed by atoms with van der Waals surface area (Å²) in [5, 5.41) is 15.5. The molecule has 4 rings (SSSR count). The standard InChI is InChI=1S/C22H20FN5O4S/c1-32-21-24-12-15(13-25-21)26-19(29)11-18-20(30)28(16-6-4-14(23)5-7-16)22(31)27(18)9-8-17-3-2-10-33-17/h2-7,10,12-13,30H,8-9,11H2,1H3,(H,26,29). The minimum Gasteiger partial charge on any atom is -0.493 e. The monoisotopic (exact) mass is 469 g/mol. The van der Waals surface area contributed by atoms with Crippen molar-refractivity contribution in [2.75, 3.05) is 12.4 Å². The highest BCUT2D eigenvalue weighted by Gasteiger charge is 2.23. The number of hydrogen-bond acceptors (Lipinski definition) is 7. The third kappa shape index (κ3) is 4.93. The van der Waals surface area contributed by atoms with Crippen LogP contribution >= 0.6 is 11.3 Å². The van der Waals surface area contributed by atoms with Gasteiger partial charge in [0, 0.05) is 11.4 Å². The molecule has 2 N–H and O–H groups in total. The molecule has 0 saturated heterocycles. The topological polar surface area (TPSA) is 111 Å². The molecule has 0 spiro atoms. The molecule has 1 aromatic carbocycles. The number of halogens is 1. The second-order valence-corrected chi connectivity index (χ2v) is 8.06. The summed E-state index contributed by atoms with van der Waals surface area (Å²) in [5.41, 5.74) is 0.254. The van der Waals surface area contributed by atoms with Crippen LogP contribution in [-0.4, -0.2) is 37.2 Å². The van der Waals surface area contributed by atoms with Crippen LogP contribution in [0.25, 0.3) is 5.69 Å². The summed E-state index contributed by atoms with van der Waals surface area (Å²) in [4.78, 5) is 34.8. The van der Waals surface area contributed by atoms with Gasteiger partial charge in [-0.1, -0.05) is 6.07 Å². The van der Waals surface area contributed by atoms with Crippen LogP contribution in [0.3, 0.4) is 0 Å². The van der Waals surface area contributed by atoms with Crippen LogP contribution < -0.4 is 15.7 Å². The van der Waals surface area contributed by atoms with Gasteiger partial charge in [-0.15, -0.1) is 11.3 Å². The summed E-state index contributed by atoms with van der Waals surface area (Å²) in [5.74, 6) is -1.32. The molecule has 0 aliphatic carbocycles. The van der Waals surface area contributed by atoms with Crippen LogP contribution in [0.5, 0.6) is 11.9 Å². The fourth-order valence-electron chi connectivity index (χ4n) is 3.32. The van der Waals surface area contributed by atoms with Crippen molar-refractivity contribution in [2.45, 2.75) is 19.4 Å². The van der Waals surface area contributed by atoms with Gasteiger partial charge in [-0.2, -0.15) is 0 Å². The second kappa shape index (κ2) is 9.65. The third-order valence-corrected chi connectivity index (χ3v) is 5.82. The number of anilines is 1. The highest BCUT2D eigenvalue weighted by atomic mass is 32.1. The van der Waals surface area contributed by atoms with Gasteiger partial charge in [0.1, 0.15) is 5.82 Å². The number of aromatic nitrogens is 4. The molecule has 0 bridgehead atoms. The van der Waals surface area contributed by atoms with Gasteiger partial charge in [0.25, 0.3) is 0 Å². The van der Waals surface area contributed by atoms with E-state index in [1.54, 1.807) is 11.3 Å². The molecule has 0 aliphatic rings. The lowest BCUT2D eigenvalue weighted by Gasteiger charge is -2.08. The Kier molecular flexibility index (Phi) is 6.50. The van der Waals surface area contributed by atoms with Gasteiger partial charge in [-0.3, -0.25) is 9.36 Å². The van der Waals surface area contributed by atoms with Crippen LogP contribution in [0.2, 0.25) is 0 Å². The lowest BCUT2D eigenvalue weighted by molar-refractivity contribution is -0.115. The number of aryl methyl sites for hydroxylation is 1. The van der Waals surface area contributed by atoms with Gasteiger partial charge in [0.15, 0.2) is 0 Å². The first-order chi connectivity index (χ1) is 16.0. The van der Waals surface area contributed by atoms with Gasteiger partial charge in [0.2, 0.25) is 11.8 Å². The van der Waals surface area contributed by atoms with Crippen LogP contribution in [0, 0.1) is 5.82 Å². The Morgan fingerprint density at radius 2 is 1.94 bits per heavy atom. The Labute approximate surface area is 191 Å². The molecule has 33 heavy (non-hydrogen) atoms. The fourth-order valence-corrected chi connectivity index (χ4v) is 4.02. The Morgan fingerprint density at radius 1 is 1.21 bits per heavy atom. The molecule has 0 atom stereocenters. The largest absolute Gasteiger partial charge is 0.493 e. The van der Waals surface area contributed by atoms with Crippen molar-refractivity contribution in [3.8, 4) is 17.6 Å². The number of nitrogens with one attached hydrogen (secondary N) is 1. The molecule has 3 heterocycles. The number of ether oxygens (including phenoxy) is 1. The molecule has 170 valence electrons. The number of rotatable bonds is 8. The molecule has 0 aliphatic heterocycles. The van der Waals surface area contributed by atoms with Gasteiger partial charge in [-0.05, 0) is 42.1 Å². The van der Waals surface area contributed by atoms with E-state index in [1.165, 1.54) is 48.3 Å². The number of carbonyl (C=O) groups excluding carboxylic acids is 1. The van der Waals surface area contributed by atoms with E-state index in [0.717, 1.165) is 9.44 Å². The van der Waals surface area contributed by atoms with E-state index < -0.39 is 17.4 Å². The van der Waals surface area contributed by atoms with Crippen molar-refractivity contribution >= 4 is 22.9 Å². The van der Waals surface area contributed by atoms with E-state index in [0.29, 0.717) is 17.8 Å². The summed E-state index contributed by atoms with van der Waals surface area (Å²) in [6.45, 7) is 0.259. The number of amides is 1. The van der Waals surface area contributed by atoms with Crippen molar-refractivity contribution in [3.63, 3.8) is 0 Å². The lowest BCUT2D eigenvalue weighted by Crippen LogP contribution is -2.26. The predicted molar refractivity (Wildman–Crippen MR) is 121 cm³/mol. The maximum atomic E-state index is 13.4. The molecule has 3 aromatic heterocycles. The zero-order valence-corrected chi connectivity index (χ0v) is 18.4. The first kappa shape index (κ1) is 22.2. The van der Waals surface area contributed by atoms with Crippen molar-refractivity contribution in [1.82, 2.24) is 19.1 Å². The molecular weight excluding hydrogens is 449 g/mol. The van der Waals surface area contributed by atoms with Crippen LogP contribution in [0.4, 0.5) is 10.1 Å². The zero-order valence-electron chi connectivity index (χ0n) is 17.6. The van der Waals surface area contributed by atoms with Crippen LogP contribution in [-0.2, 0) is 24.2 Å². The number of methoxy groups -OCH3 is 1. The van der Waals surface area contributed by atoms with E-state index in [2.05, 4.69) is 15.3 Å². The first-order valence-corrected chi connectivity index (χ1v) is 10.8. The summed E-state index contributed by atoms with van der Waals surface area (Å²) >= 11 is 1.55. The summed E-state index contributed by atoms with van der Waals surface area (Å²) in [7, 11) is 1.43. The van der Waals surface area contributed by atoms with E-state index in [4.69, 9.17) is 4.74 Å². The summed E-state index contributed by atoms with van der Waals surface area (Å²) in [6.07, 6.45) is 3.05. The number of hydrogen-bond donors (Lipinski definition) is 2. The average Bonchev–Trinajstić information content (AvgIpc) is 3.41. The number of thiophene rings is 1. The molecule has 0 radical (unpaired) electrons. The van der Waals surface area contributed by atoms with Crippen molar-refractivity contribution in [3.05, 3.63) is 81.0 Å². The van der Waals surface area contributed by atoms with E-state index in [1.807, 2.05) is 17.5 Å². The highest BCUT2D eigenvalue weighted by Crippen LogP contribution is 2.23. The van der Waals surface area contributed by atoms with Gasteiger partial charge >= 0.3 is 11.7 Å². The van der Waals surface area contributed by atoms with Gasteiger partial charge in [-0.25, -0.2) is 23.7 Å². The van der Waals surface area contributed by atoms with Crippen molar-refractivity contribution in [2.24, 2.45) is 0 Å². The summed E-state index contributed by atoms with van der Waals surface area (Å²) in [6, 6.07) is 9.18. The van der Waals surface area contributed by atoms with Crippen LogP contribution in [0.15, 0.2) is 59.0 Å². The average molecular weight is 469 g/mol. The number of carbonyl (C=O) groups is 1. The minimum atomic E-state index is -0.522. The van der Waals surface area contributed by atoms with Gasteiger partial charge in [0.05, 0.1) is 43.0 Å². The van der Waals surface area contributed by atoms with Gasteiger partial charge < -0.3 is 15.2 Å². The second-order valence-electron chi connectivity index (χ2n) is 7.03. The smallest absolute Gasteiger partial charge is 0.335 e. The fraction of sp³-hybridized carbons (Fsp3) is 0.182. The maximum Gasteiger partial charge on any atom is 0.335 e. The molecule has 0 saturated carbocycles.